The molecule has 1 aliphatic heterocycles. The molecule has 2 N–H and O–H groups in total. The number of carboxylic acid groups (broad SMARTS) is 1. The summed E-state index contributed by atoms with van der Waals surface area (Å²) in [7, 11) is 0. The third-order valence-corrected chi connectivity index (χ3v) is 2.20. The predicted octanol–water partition coefficient (Wildman–Crippen LogP) is -0.0125. The van der Waals surface area contributed by atoms with E-state index in [9.17, 15) is 4.79 Å². The summed E-state index contributed by atoms with van der Waals surface area (Å²) >= 11 is 0. The minimum Gasteiger partial charge on any atom is -0.480 e. The normalized spacial score (nSPS) is 42.6. The van der Waals surface area contributed by atoms with Gasteiger partial charge in [0.25, 0.3) is 0 Å². The number of aliphatic carboxylic acids is 1. The molecule has 1 heterocycles. The second-order valence-corrected chi connectivity index (χ2v) is 2.87. The molecule has 0 radical (unpaired) electrons. The van der Waals surface area contributed by atoms with Gasteiger partial charge in [-0.1, -0.05) is 12.2 Å². The van der Waals surface area contributed by atoms with Gasteiger partial charge in [-0.2, -0.15) is 0 Å². The lowest BCUT2D eigenvalue weighted by Gasteiger charge is -2.13. The van der Waals surface area contributed by atoms with E-state index in [1.165, 1.54) is 0 Å². The maximum absolute atomic E-state index is 10.5. The summed E-state index contributed by atoms with van der Waals surface area (Å²) in [5, 5.41) is 11.6. The zero-order chi connectivity index (χ0) is 7.14. The SMILES string of the molecule is O=C(O)[C@H]1NC2C=CC1C2. The van der Waals surface area contributed by atoms with Gasteiger partial charge in [0.1, 0.15) is 6.04 Å². The largest absolute Gasteiger partial charge is 0.480 e. The van der Waals surface area contributed by atoms with E-state index in [4.69, 9.17) is 5.11 Å². The lowest BCUT2D eigenvalue weighted by molar-refractivity contribution is -0.139. The standard InChI is InChI=1S/C7H9NO2/c9-7(10)6-4-1-2-5(3-4)8-6/h1-2,4-6,8H,3H2,(H,9,10)/t4?,5?,6-/m0/s1. The number of rotatable bonds is 1. The molecule has 0 amide bonds. The Bertz CT molecular complexity index is 200. The van der Waals surface area contributed by atoms with Gasteiger partial charge in [-0.25, -0.2) is 0 Å². The van der Waals surface area contributed by atoms with Crippen molar-refractivity contribution in [2.75, 3.05) is 0 Å². The summed E-state index contributed by atoms with van der Waals surface area (Å²) in [6, 6.07) is 0.00102. The van der Waals surface area contributed by atoms with Crippen molar-refractivity contribution >= 4 is 5.97 Å². The Morgan fingerprint density at radius 2 is 2.40 bits per heavy atom. The van der Waals surface area contributed by atoms with Gasteiger partial charge in [0.15, 0.2) is 0 Å². The van der Waals surface area contributed by atoms with Gasteiger partial charge in [-0.15, -0.1) is 0 Å². The number of carboxylic acids is 1. The summed E-state index contributed by atoms with van der Waals surface area (Å²) in [6.45, 7) is 0. The van der Waals surface area contributed by atoms with Crippen LogP contribution in [0.4, 0.5) is 0 Å². The van der Waals surface area contributed by atoms with E-state index in [-0.39, 0.29) is 12.0 Å². The van der Waals surface area contributed by atoms with Gasteiger partial charge in [-0.3, -0.25) is 10.1 Å². The van der Waals surface area contributed by atoms with Gasteiger partial charge < -0.3 is 5.11 Å². The van der Waals surface area contributed by atoms with Crippen molar-refractivity contribution in [3.8, 4) is 0 Å². The molecule has 2 aliphatic rings. The maximum Gasteiger partial charge on any atom is 0.321 e. The smallest absolute Gasteiger partial charge is 0.321 e. The molecule has 2 bridgehead atoms. The minimum absolute atomic E-state index is 0.238. The molecule has 10 heavy (non-hydrogen) atoms. The van der Waals surface area contributed by atoms with Crippen LogP contribution in [0.15, 0.2) is 12.2 Å². The van der Waals surface area contributed by atoms with Crippen molar-refractivity contribution in [3.05, 3.63) is 12.2 Å². The van der Waals surface area contributed by atoms with Crippen LogP contribution in [0.1, 0.15) is 6.42 Å². The second kappa shape index (κ2) is 1.83. The lowest BCUT2D eigenvalue weighted by Crippen LogP contribution is -2.39. The van der Waals surface area contributed by atoms with Crippen LogP contribution in [0.25, 0.3) is 0 Å². The lowest BCUT2D eigenvalue weighted by atomic mass is 10.0. The molecular formula is C7H9NO2. The number of nitrogens with one attached hydrogen (secondary N) is 1. The highest BCUT2D eigenvalue weighted by atomic mass is 16.4. The Hall–Kier alpha value is -0.830. The van der Waals surface area contributed by atoms with Crippen LogP contribution >= 0.6 is 0 Å². The molecule has 0 aromatic rings. The van der Waals surface area contributed by atoms with Crippen LogP contribution < -0.4 is 5.32 Å². The van der Waals surface area contributed by atoms with Gasteiger partial charge >= 0.3 is 5.97 Å². The van der Waals surface area contributed by atoms with Gasteiger partial charge in [-0.05, 0) is 6.42 Å². The molecular weight excluding hydrogens is 130 g/mol. The van der Waals surface area contributed by atoms with E-state index in [2.05, 4.69) is 5.32 Å². The second-order valence-electron chi connectivity index (χ2n) is 2.87. The number of hydrogen-bond acceptors (Lipinski definition) is 2. The quantitative estimate of drug-likeness (QED) is 0.502. The summed E-state index contributed by atoms with van der Waals surface area (Å²) in [5.41, 5.74) is 0. The van der Waals surface area contributed by atoms with Crippen molar-refractivity contribution in [1.29, 1.82) is 0 Å². The van der Waals surface area contributed by atoms with Crippen molar-refractivity contribution < 1.29 is 9.90 Å². The first-order chi connectivity index (χ1) is 4.77. The summed E-state index contributed by atoms with van der Waals surface area (Å²) in [5.74, 6) is -0.487. The van der Waals surface area contributed by atoms with Crippen LogP contribution in [-0.2, 0) is 4.79 Å². The van der Waals surface area contributed by atoms with Crippen LogP contribution in [-0.4, -0.2) is 23.2 Å². The molecule has 2 unspecified atom stereocenters. The Morgan fingerprint density at radius 3 is 2.70 bits per heavy atom. The first kappa shape index (κ1) is 5.92. The Morgan fingerprint density at radius 1 is 1.60 bits per heavy atom. The highest BCUT2D eigenvalue weighted by Crippen LogP contribution is 2.28. The van der Waals surface area contributed by atoms with E-state index in [1.54, 1.807) is 0 Å². The van der Waals surface area contributed by atoms with Gasteiger partial charge in [0, 0.05) is 12.0 Å². The Labute approximate surface area is 58.7 Å². The maximum atomic E-state index is 10.5. The molecule has 3 nitrogen and oxygen atoms in total. The third kappa shape index (κ3) is 0.671. The fourth-order valence-corrected chi connectivity index (χ4v) is 1.71. The molecule has 1 aliphatic carbocycles. The Kier molecular flexibility index (Phi) is 1.08. The molecule has 1 saturated heterocycles. The fraction of sp³-hybridized carbons (Fsp3) is 0.571. The summed E-state index contributed by atoms with van der Waals surface area (Å²) < 4.78 is 0. The van der Waals surface area contributed by atoms with Crippen LogP contribution in [0.5, 0.6) is 0 Å². The van der Waals surface area contributed by atoms with Crippen LogP contribution in [0, 0.1) is 5.92 Å². The highest BCUT2D eigenvalue weighted by Gasteiger charge is 2.39. The molecule has 3 atom stereocenters. The topological polar surface area (TPSA) is 49.3 Å². The van der Waals surface area contributed by atoms with Crippen molar-refractivity contribution in [2.24, 2.45) is 5.92 Å². The van der Waals surface area contributed by atoms with E-state index >= 15 is 0 Å². The van der Waals surface area contributed by atoms with Crippen molar-refractivity contribution in [3.63, 3.8) is 0 Å². The molecule has 0 saturated carbocycles. The fourth-order valence-electron chi connectivity index (χ4n) is 1.71. The molecule has 0 aromatic carbocycles. The molecule has 54 valence electrons. The predicted molar refractivity (Wildman–Crippen MR) is 35.6 cm³/mol. The average Bonchev–Trinajstić information content (AvgIpc) is 2.44. The molecule has 0 spiro atoms. The summed E-state index contributed by atoms with van der Waals surface area (Å²) in [6.07, 6.45) is 5.01. The highest BCUT2D eigenvalue weighted by molar-refractivity contribution is 5.75. The van der Waals surface area contributed by atoms with Crippen LogP contribution in [0.3, 0.4) is 0 Å². The Balaban J connectivity index is 2.16. The van der Waals surface area contributed by atoms with E-state index in [0.29, 0.717) is 6.04 Å². The van der Waals surface area contributed by atoms with E-state index < -0.39 is 5.97 Å². The number of fused-ring (bicyclic) bond motifs is 2. The summed E-state index contributed by atoms with van der Waals surface area (Å²) in [4.78, 5) is 10.5. The van der Waals surface area contributed by atoms with Crippen LogP contribution in [0.2, 0.25) is 0 Å². The average molecular weight is 139 g/mol. The van der Waals surface area contributed by atoms with Gasteiger partial charge in [0.2, 0.25) is 0 Å². The molecule has 2 rings (SSSR count). The zero-order valence-electron chi connectivity index (χ0n) is 5.45. The van der Waals surface area contributed by atoms with Crippen molar-refractivity contribution in [2.45, 2.75) is 18.5 Å². The third-order valence-electron chi connectivity index (χ3n) is 2.20. The molecule has 1 fully saturated rings. The van der Waals surface area contributed by atoms with E-state index in [0.717, 1.165) is 6.42 Å². The van der Waals surface area contributed by atoms with Gasteiger partial charge in [0.05, 0.1) is 0 Å². The monoisotopic (exact) mass is 139 g/mol. The van der Waals surface area contributed by atoms with E-state index in [1.807, 2.05) is 12.2 Å². The zero-order valence-corrected chi connectivity index (χ0v) is 5.45. The first-order valence-electron chi connectivity index (χ1n) is 3.44. The number of hydrogen-bond donors (Lipinski definition) is 2. The van der Waals surface area contributed by atoms with Crippen molar-refractivity contribution in [1.82, 2.24) is 5.32 Å². The minimum atomic E-state index is -0.725. The first-order valence-corrected chi connectivity index (χ1v) is 3.44. The molecule has 0 aromatic heterocycles. The molecule has 3 heteroatoms. The number of carbonyl (C=O) groups is 1.